The van der Waals surface area contributed by atoms with Crippen LogP contribution >= 0.6 is 23.2 Å². The summed E-state index contributed by atoms with van der Waals surface area (Å²) in [5, 5.41) is 0.993. The molecule has 3 nitrogen and oxygen atoms in total. The Labute approximate surface area is 109 Å². The number of nitrogens with two attached hydrogens (primary N) is 1. The molecule has 0 amide bonds. The summed E-state index contributed by atoms with van der Waals surface area (Å²) in [6.07, 6.45) is 0. The molecular weight excluding hydrogens is 259 g/mol. The fraction of sp³-hybridized carbons (Fsp3) is 0.0833. The van der Waals surface area contributed by atoms with Crippen LogP contribution in [0.4, 0.5) is 5.69 Å². The van der Waals surface area contributed by atoms with Crippen LogP contribution in [0.3, 0.4) is 0 Å². The van der Waals surface area contributed by atoms with Crippen molar-refractivity contribution in [2.75, 3.05) is 5.73 Å². The molecular formula is C12H10Cl2N2O. The van der Waals surface area contributed by atoms with Crippen LogP contribution in [0.1, 0.15) is 5.69 Å². The van der Waals surface area contributed by atoms with E-state index in [4.69, 9.17) is 33.7 Å². The molecule has 0 aliphatic carbocycles. The highest BCUT2D eigenvalue weighted by atomic mass is 35.5. The molecule has 17 heavy (non-hydrogen) atoms. The van der Waals surface area contributed by atoms with Gasteiger partial charge in [-0.3, -0.25) is 0 Å². The van der Waals surface area contributed by atoms with Gasteiger partial charge in [0.1, 0.15) is 5.75 Å². The summed E-state index contributed by atoms with van der Waals surface area (Å²) >= 11 is 11.8. The molecule has 0 atom stereocenters. The van der Waals surface area contributed by atoms with Gasteiger partial charge >= 0.3 is 0 Å². The van der Waals surface area contributed by atoms with Gasteiger partial charge in [0, 0.05) is 16.8 Å². The number of aryl methyl sites for hydroxylation is 1. The van der Waals surface area contributed by atoms with Gasteiger partial charge in [0.25, 0.3) is 0 Å². The van der Waals surface area contributed by atoms with Gasteiger partial charge in [-0.05, 0) is 31.2 Å². The van der Waals surface area contributed by atoms with E-state index in [1.165, 1.54) is 0 Å². The summed E-state index contributed by atoms with van der Waals surface area (Å²) in [7, 11) is 0. The second-order valence-electron chi connectivity index (χ2n) is 3.52. The molecule has 0 aliphatic rings. The molecule has 0 saturated heterocycles. The highest BCUT2D eigenvalue weighted by molar-refractivity contribution is 6.34. The predicted molar refractivity (Wildman–Crippen MR) is 69.9 cm³/mol. The molecule has 2 aromatic rings. The Morgan fingerprint density at radius 2 is 1.94 bits per heavy atom. The average molecular weight is 269 g/mol. The SMILES string of the molecule is Cc1ccc(N)c(Oc2cc(Cl)ccc2Cl)n1. The Balaban J connectivity index is 2.37. The summed E-state index contributed by atoms with van der Waals surface area (Å²) in [6, 6.07) is 8.50. The number of aromatic nitrogens is 1. The number of nitrogen functional groups attached to an aromatic ring is 1. The fourth-order valence-corrected chi connectivity index (χ4v) is 1.60. The topological polar surface area (TPSA) is 48.1 Å². The summed E-state index contributed by atoms with van der Waals surface area (Å²) < 4.78 is 5.55. The normalized spacial score (nSPS) is 10.3. The van der Waals surface area contributed by atoms with Crippen LogP contribution in [0.25, 0.3) is 0 Å². The standard InChI is InChI=1S/C12H10Cl2N2O/c1-7-2-5-10(15)12(16-7)17-11-6-8(13)3-4-9(11)14/h2-6H,15H2,1H3. The highest BCUT2D eigenvalue weighted by Gasteiger charge is 2.08. The van der Waals surface area contributed by atoms with E-state index in [0.717, 1.165) is 5.69 Å². The molecule has 88 valence electrons. The Bertz CT molecular complexity index is 509. The summed E-state index contributed by atoms with van der Waals surface area (Å²) in [5.74, 6) is 0.762. The van der Waals surface area contributed by atoms with Crippen LogP contribution in [0, 0.1) is 6.92 Å². The van der Waals surface area contributed by atoms with Gasteiger partial charge in [0.2, 0.25) is 5.88 Å². The lowest BCUT2D eigenvalue weighted by Crippen LogP contribution is -1.96. The van der Waals surface area contributed by atoms with Crippen molar-refractivity contribution in [2.45, 2.75) is 6.92 Å². The van der Waals surface area contributed by atoms with Crippen LogP contribution < -0.4 is 10.5 Å². The van der Waals surface area contributed by atoms with Crippen molar-refractivity contribution < 1.29 is 4.74 Å². The van der Waals surface area contributed by atoms with E-state index >= 15 is 0 Å². The first-order valence-corrected chi connectivity index (χ1v) is 5.68. The van der Waals surface area contributed by atoms with Crippen LogP contribution in [0.5, 0.6) is 11.6 Å². The minimum absolute atomic E-state index is 0.328. The zero-order chi connectivity index (χ0) is 12.4. The third-order valence-corrected chi connectivity index (χ3v) is 2.68. The van der Waals surface area contributed by atoms with Crippen LogP contribution in [-0.4, -0.2) is 4.98 Å². The third kappa shape index (κ3) is 2.81. The zero-order valence-corrected chi connectivity index (χ0v) is 10.6. The van der Waals surface area contributed by atoms with Gasteiger partial charge in [-0.25, -0.2) is 4.98 Å². The summed E-state index contributed by atoms with van der Waals surface area (Å²) in [6.45, 7) is 1.85. The smallest absolute Gasteiger partial charge is 0.242 e. The van der Waals surface area contributed by atoms with Crippen molar-refractivity contribution in [1.82, 2.24) is 4.98 Å². The van der Waals surface area contributed by atoms with Gasteiger partial charge < -0.3 is 10.5 Å². The number of hydrogen-bond acceptors (Lipinski definition) is 3. The van der Waals surface area contributed by atoms with Crippen molar-refractivity contribution in [2.24, 2.45) is 0 Å². The Morgan fingerprint density at radius 1 is 1.18 bits per heavy atom. The lowest BCUT2D eigenvalue weighted by Gasteiger charge is -2.09. The molecule has 0 unspecified atom stereocenters. The van der Waals surface area contributed by atoms with Crippen LogP contribution in [0.2, 0.25) is 10.0 Å². The molecule has 0 radical (unpaired) electrons. The minimum Gasteiger partial charge on any atom is -0.435 e. The molecule has 0 saturated carbocycles. The minimum atomic E-state index is 0.328. The second kappa shape index (κ2) is 4.82. The van der Waals surface area contributed by atoms with E-state index in [9.17, 15) is 0 Å². The largest absolute Gasteiger partial charge is 0.435 e. The molecule has 1 aromatic heterocycles. The van der Waals surface area contributed by atoms with E-state index < -0.39 is 0 Å². The predicted octanol–water partition coefficient (Wildman–Crippen LogP) is 4.07. The molecule has 1 heterocycles. The van der Waals surface area contributed by atoms with Crippen molar-refractivity contribution in [3.05, 3.63) is 46.1 Å². The number of nitrogens with zero attached hydrogens (tertiary/aromatic N) is 1. The van der Waals surface area contributed by atoms with Gasteiger partial charge in [-0.2, -0.15) is 0 Å². The fourth-order valence-electron chi connectivity index (χ4n) is 1.28. The molecule has 0 fully saturated rings. The maximum absolute atomic E-state index is 5.99. The first kappa shape index (κ1) is 12.0. The number of ether oxygens (including phenoxy) is 1. The number of benzene rings is 1. The van der Waals surface area contributed by atoms with Gasteiger partial charge in [-0.15, -0.1) is 0 Å². The lowest BCUT2D eigenvalue weighted by atomic mass is 10.3. The lowest BCUT2D eigenvalue weighted by molar-refractivity contribution is 0.464. The number of pyridine rings is 1. The molecule has 1 aromatic carbocycles. The molecule has 2 rings (SSSR count). The summed E-state index contributed by atoms with van der Waals surface area (Å²) in [5.41, 5.74) is 7.02. The number of halogens is 2. The molecule has 0 spiro atoms. The van der Waals surface area contributed by atoms with E-state index in [1.54, 1.807) is 24.3 Å². The number of anilines is 1. The maximum Gasteiger partial charge on any atom is 0.242 e. The van der Waals surface area contributed by atoms with Crippen molar-refractivity contribution in [1.29, 1.82) is 0 Å². The van der Waals surface area contributed by atoms with Crippen molar-refractivity contribution in [3.63, 3.8) is 0 Å². The third-order valence-electron chi connectivity index (χ3n) is 2.13. The number of rotatable bonds is 2. The summed E-state index contributed by atoms with van der Waals surface area (Å²) in [4.78, 5) is 4.19. The molecule has 0 bridgehead atoms. The van der Waals surface area contributed by atoms with E-state index in [-0.39, 0.29) is 0 Å². The molecule has 0 aliphatic heterocycles. The van der Waals surface area contributed by atoms with Crippen molar-refractivity contribution in [3.8, 4) is 11.6 Å². The second-order valence-corrected chi connectivity index (χ2v) is 4.37. The quantitative estimate of drug-likeness (QED) is 0.893. The van der Waals surface area contributed by atoms with Crippen molar-refractivity contribution >= 4 is 28.9 Å². The molecule has 2 N–H and O–H groups in total. The van der Waals surface area contributed by atoms with E-state index in [1.807, 2.05) is 13.0 Å². The van der Waals surface area contributed by atoms with E-state index in [0.29, 0.717) is 27.4 Å². The highest BCUT2D eigenvalue weighted by Crippen LogP contribution is 2.33. The first-order chi connectivity index (χ1) is 8.06. The van der Waals surface area contributed by atoms with Gasteiger partial charge in [0.05, 0.1) is 10.7 Å². The van der Waals surface area contributed by atoms with E-state index in [2.05, 4.69) is 4.98 Å². The Morgan fingerprint density at radius 3 is 2.71 bits per heavy atom. The Kier molecular flexibility index (Phi) is 3.41. The van der Waals surface area contributed by atoms with Gasteiger partial charge in [0.15, 0.2) is 0 Å². The Hall–Kier alpha value is -1.45. The zero-order valence-electron chi connectivity index (χ0n) is 9.08. The first-order valence-electron chi connectivity index (χ1n) is 4.92. The maximum atomic E-state index is 5.99. The monoisotopic (exact) mass is 268 g/mol. The number of hydrogen-bond donors (Lipinski definition) is 1. The van der Waals surface area contributed by atoms with Gasteiger partial charge in [-0.1, -0.05) is 23.2 Å². The average Bonchev–Trinajstić information content (AvgIpc) is 2.28. The van der Waals surface area contributed by atoms with Crippen LogP contribution in [-0.2, 0) is 0 Å². The van der Waals surface area contributed by atoms with Crippen LogP contribution in [0.15, 0.2) is 30.3 Å². The molecule has 5 heteroatoms.